The van der Waals surface area contributed by atoms with Crippen LogP contribution in [0.4, 0.5) is 10.1 Å². The molecular weight excluding hydrogens is 473 g/mol. The summed E-state index contributed by atoms with van der Waals surface area (Å²) < 4.78 is 44.8. The SMILES string of the molecule is CCCNC(=O)C(C)N(Cc1ccc(F)cc1)C(=O)CCCN(c1ccccc1OC)S(C)(=O)=O. The highest BCUT2D eigenvalue weighted by molar-refractivity contribution is 7.92. The van der Waals surface area contributed by atoms with Gasteiger partial charge in [-0.25, -0.2) is 12.8 Å². The molecule has 2 amide bonds. The molecule has 0 saturated heterocycles. The van der Waals surface area contributed by atoms with Crippen molar-refractivity contribution in [3.63, 3.8) is 0 Å². The van der Waals surface area contributed by atoms with Crippen molar-refractivity contribution in [3.8, 4) is 5.75 Å². The molecule has 1 atom stereocenters. The first-order valence-electron chi connectivity index (χ1n) is 11.5. The highest BCUT2D eigenvalue weighted by Crippen LogP contribution is 2.29. The lowest BCUT2D eigenvalue weighted by molar-refractivity contribution is -0.140. The van der Waals surface area contributed by atoms with Crippen LogP contribution < -0.4 is 14.4 Å². The van der Waals surface area contributed by atoms with E-state index in [1.54, 1.807) is 43.3 Å². The number of methoxy groups -OCH3 is 1. The number of rotatable bonds is 13. The third-order valence-corrected chi connectivity index (χ3v) is 6.67. The summed E-state index contributed by atoms with van der Waals surface area (Å²) in [4.78, 5) is 27.2. The molecule has 0 aliphatic rings. The lowest BCUT2D eigenvalue weighted by atomic mass is 10.1. The number of nitrogens with one attached hydrogen (secondary N) is 1. The maximum absolute atomic E-state index is 13.3. The number of sulfonamides is 1. The van der Waals surface area contributed by atoms with E-state index in [1.165, 1.54) is 28.4 Å². The summed E-state index contributed by atoms with van der Waals surface area (Å²) in [5, 5.41) is 2.80. The Labute approximate surface area is 207 Å². The highest BCUT2D eigenvalue weighted by Gasteiger charge is 2.27. The molecule has 2 aromatic carbocycles. The standard InChI is InChI=1S/C25H34FN3O5S/c1-5-16-27-25(31)19(2)28(18-20-12-14-21(26)15-13-20)24(30)11-8-17-29(35(4,32)33)22-9-6-7-10-23(22)34-3/h6-7,9-10,12-15,19H,5,8,11,16-18H2,1-4H3,(H,27,31). The van der Waals surface area contributed by atoms with E-state index in [-0.39, 0.29) is 37.7 Å². The molecule has 192 valence electrons. The first-order chi connectivity index (χ1) is 16.6. The first-order valence-corrected chi connectivity index (χ1v) is 13.4. The van der Waals surface area contributed by atoms with Crippen molar-refractivity contribution in [1.82, 2.24) is 10.2 Å². The van der Waals surface area contributed by atoms with Gasteiger partial charge in [0.05, 0.1) is 19.1 Å². The van der Waals surface area contributed by atoms with Gasteiger partial charge < -0.3 is 15.0 Å². The minimum absolute atomic E-state index is 0.0216. The van der Waals surface area contributed by atoms with Crippen molar-refractivity contribution in [1.29, 1.82) is 0 Å². The minimum Gasteiger partial charge on any atom is -0.495 e. The molecule has 1 N–H and O–H groups in total. The second-order valence-corrected chi connectivity index (χ2v) is 10.1. The zero-order valence-corrected chi connectivity index (χ0v) is 21.5. The fraction of sp³-hybridized carbons (Fsp3) is 0.440. The number of carbonyl (C=O) groups excluding carboxylic acids is 2. The van der Waals surface area contributed by atoms with Gasteiger partial charge >= 0.3 is 0 Å². The van der Waals surface area contributed by atoms with Crippen molar-refractivity contribution in [3.05, 3.63) is 59.9 Å². The molecule has 2 aromatic rings. The van der Waals surface area contributed by atoms with Gasteiger partial charge in [0.1, 0.15) is 17.6 Å². The third-order valence-electron chi connectivity index (χ3n) is 5.49. The van der Waals surface area contributed by atoms with Gasteiger partial charge in [-0.3, -0.25) is 13.9 Å². The molecule has 1 unspecified atom stereocenters. The van der Waals surface area contributed by atoms with E-state index in [9.17, 15) is 22.4 Å². The number of halogens is 1. The van der Waals surface area contributed by atoms with Crippen LogP contribution in [-0.2, 0) is 26.2 Å². The Hall–Kier alpha value is -3.14. The van der Waals surface area contributed by atoms with Crippen LogP contribution in [0, 0.1) is 5.82 Å². The summed E-state index contributed by atoms with van der Waals surface area (Å²) in [7, 11) is -2.17. The molecule has 0 heterocycles. The molecule has 10 heteroatoms. The minimum atomic E-state index is -3.63. The molecule has 0 aliphatic carbocycles. The van der Waals surface area contributed by atoms with Crippen LogP contribution in [0.1, 0.15) is 38.7 Å². The van der Waals surface area contributed by atoms with E-state index in [2.05, 4.69) is 5.32 Å². The summed E-state index contributed by atoms with van der Waals surface area (Å²) in [6, 6.07) is 11.8. The monoisotopic (exact) mass is 507 g/mol. The largest absolute Gasteiger partial charge is 0.495 e. The molecule has 8 nitrogen and oxygen atoms in total. The van der Waals surface area contributed by atoms with Crippen LogP contribution in [0.25, 0.3) is 0 Å². The van der Waals surface area contributed by atoms with Crippen LogP contribution in [0.15, 0.2) is 48.5 Å². The van der Waals surface area contributed by atoms with Crippen molar-refractivity contribution in [2.24, 2.45) is 0 Å². The number of benzene rings is 2. The highest BCUT2D eigenvalue weighted by atomic mass is 32.2. The Morgan fingerprint density at radius 2 is 1.77 bits per heavy atom. The predicted molar refractivity (Wildman–Crippen MR) is 134 cm³/mol. The lowest BCUT2D eigenvalue weighted by Gasteiger charge is -2.29. The second-order valence-electron chi connectivity index (χ2n) is 8.23. The maximum Gasteiger partial charge on any atom is 0.242 e. The maximum atomic E-state index is 13.3. The smallest absolute Gasteiger partial charge is 0.242 e. The van der Waals surface area contributed by atoms with E-state index in [0.717, 1.165) is 12.7 Å². The number of anilines is 1. The molecule has 0 aromatic heterocycles. The van der Waals surface area contributed by atoms with Gasteiger partial charge in [0.2, 0.25) is 21.8 Å². The van der Waals surface area contributed by atoms with Crippen LogP contribution >= 0.6 is 0 Å². The number of hydrogen-bond donors (Lipinski definition) is 1. The molecule has 2 rings (SSSR count). The van der Waals surface area contributed by atoms with Crippen molar-refractivity contribution >= 4 is 27.5 Å². The quantitative estimate of drug-likeness (QED) is 0.449. The summed E-state index contributed by atoms with van der Waals surface area (Å²) >= 11 is 0. The molecule has 0 saturated carbocycles. The Balaban J connectivity index is 2.17. The van der Waals surface area contributed by atoms with Crippen LogP contribution in [-0.4, -0.2) is 57.6 Å². The number of hydrogen-bond acceptors (Lipinski definition) is 5. The topological polar surface area (TPSA) is 96.0 Å². The lowest BCUT2D eigenvalue weighted by Crippen LogP contribution is -2.47. The fourth-order valence-electron chi connectivity index (χ4n) is 3.58. The van der Waals surface area contributed by atoms with Gasteiger partial charge in [-0.15, -0.1) is 0 Å². The zero-order chi connectivity index (χ0) is 26.0. The molecule has 0 aliphatic heterocycles. The van der Waals surface area contributed by atoms with E-state index >= 15 is 0 Å². The average Bonchev–Trinajstić information content (AvgIpc) is 2.83. The van der Waals surface area contributed by atoms with Gasteiger partial charge in [-0.05, 0) is 49.6 Å². The van der Waals surface area contributed by atoms with Crippen molar-refractivity contribution in [2.75, 3.05) is 30.8 Å². The fourth-order valence-corrected chi connectivity index (χ4v) is 4.55. The van der Waals surface area contributed by atoms with Gasteiger partial charge in [0.15, 0.2) is 0 Å². The molecule has 0 bridgehead atoms. The Kier molecular flexibility index (Phi) is 10.5. The van der Waals surface area contributed by atoms with Gasteiger partial charge in [-0.1, -0.05) is 31.2 Å². The summed E-state index contributed by atoms with van der Waals surface area (Å²) in [6.45, 7) is 4.25. The van der Waals surface area contributed by atoms with Gasteiger partial charge in [0.25, 0.3) is 0 Å². The number of carbonyl (C=O) groups is 2. The van der Waals surface area contributed by atoms with E-state index in [0.29, 0.717) is 23.5 Å². The summed E-state index contributed by atoms with van der Waals surface area (Å²) in [6.07, 6.45) is 2.11. The van der Waals surface area contributed by atoms with Gasteiger partial charge in [-0.2, -0.15) is 0 Å². The van der Waals surface area contributed by atoms with Crippen molar-refractivity contribution in [2.45, 2.75) is 45.7 Å². The summed E-state index contributed by atoms with van der Waals surface area (Å²) in [5.74, 6) is -0.572. The molecule has 35 heavy (non-hydrogen) atoms. The van der Waals surface area contributed by atoms with E-state index < -0.39 is 21.9 Å². The Bertz CT molecular complexity index is 1090. The molecular formula is C25H34FN3O5S. The Morgan fingerprint density at radius 3 is 2.37 bits per heavy atom. The average molecular weight is 508 g/mol. The van der Waals surface area contributed by atoms with Crippen LogP contribution in [0.2, 0.25) is 0 Å². The molecule has 0 radical (unpaired) electrons. The number of para-hydroxylation sites is 2. The normalized spacial score (nSPS) is 12.0. The van der Waals surface area contributed by atoms with Gasteiger partial charge in [0, 0.05) is 26.1 Å². The molecule has 0 spiro atoms. The van der Waals surface area contributed by atoms with Crippen molar-refractivity contribution < 1.29 is 27.1 Å². The second kappa shape index (κ2) is 13.1. The number of amides is 2. The van der Waals surface area contributed by atoms with Crippen LogP contribution in [0.3, 0.4) is 0 Å². The molecule has 0 fully saturated rings. The van der Waals surface area contributed by atoms with Crippen LogP contribution in [0.5, 0.6) is 5.75 Å². The predicted octanol–water partition coefficient (Wildman–Crippen LogP) is 3.32. The number of ether oxygens (including phenoxy) is 1. The third kappa shape index (κ3) is 8.24. The summed E-state index contributed by atoms with van der Waals surface area (Å²) in [5.41, 5.74) is 1.07. The van der Waals surface area contributed by atoms with E-state index in [1.807, 2.05) is 6.92 Å². The van der Waals surface area contributed by atoms with E-state index in [4.69, 9.17) is 4.74 Å². The zero-order valence-electron chi connectivity index (χ0n) is 20.7. The first kappa shape index (κ1) is 28.1. The Morgan fingerprint density at radius 1 is 1.11 bits per heavy atom. The number of nitrogens with zero attached hydrogens (tertiary/aromatic N) is 2.